The number of benzene rings is 3. The van der Waals surface area contributed by atoms with Crippen molar-refractivity contribution in [1.82, 2.24) is 14.7 Å². The van der Waals surface area contributed by atoms with Gasteiger partial charge >= 0.3 is 5.97 Å². The molecule has 4 aromatic rings. The van der Waals surface area contributed by atoms with Gasteiger partial charge in [-0.25, -0.2) is 9.48 Å². The molecule has 0 saturated heterocycles. The molecule has 1 N–H and O–H groups in total. The molecule has 1 unspecified atom stereocenters. The smallest absolute Gasteiger partial charge is 0.357 e. The fourth-order valence-corrected chi connectivity index (χ4v) is 3.82. The average molecular weight is 441 g/mol. The maximum atomic E-state index is 13.6. The van der Waals surface area contributed by atoms with Gasteiger partial charge in [-0.15, -0.1) is 0 Å². The first kappa shape index (κ1) is 22.0. The number of fused-ring (bicyclic) bond motifs is 1. The molecule has 0 fully saturated rings. The highest BCUT2D eigenvalue weighted by atomic mass is 16.4. The molecule has 7 heteroatoms. The molecule has 3 aromatic carbocycles. The summed E-state index contributed by atoms with van der Waals surface area (Å²) in [5, 5.41) is 14.2. The summed E-state index contributed by atoms with van der Waals surface area (Å²) >= 11 is 0. The first-order valence-electron chi connectivity index (χ1n) is 10.6. The topological polar surface area (TPSA) is 92.5 Å². The number of rotatable bonds is 7. The lowest BCUT2D eigenvalue weighted by Gasteiger charge is -2.27. The predicted molar refractivity (Wildman–Crippen MR) is 125 cm³/mol. The first-order chi connectivity index (χ1) is 16.0. The summed E-state index contributed by atoms with van der Waals surface area (Å²) in [5.74, 6) is -1.59. The van der Waals surface area contributed by atoms with Gasteiger partial charge in [-0.1, -0.05) is 78.9 Å². The molecule has 1 atom stereocenters. The van der Waals surface area contributed by atoms with Crippen LogP contribution in [0.3, 0.4) is 0 Å². The summed E-state index contributed by atoms with van der Waals surface area (Å²) in [4.78, 5) is 40.2. The SMILES string of the molecule is CC(C(=O)N(Cc1ccccc1)Cc1ccccc1)n1nc(C(=O)O)c2ccccc2c1=O. The standard InChI is InChI=1S/C26H23N3O4/c1-18(29-25(31)22-15-9-8-14-21(22)23(27-29)26(32)33)24(30)28(16-19-10-4-2-5-11-19)17-20-12-6-3-7-13-20/h2-15,18H,16-17H2,1H3,(H,32,33). The van der Waals surface area contributed by atoms with Crippen LogP contribution in [0.15, 0.2) is 89.7 Å². The number of carboxylic acids is 1. The number of nitrogens with zero attached hydrogens (tertiary/aromatic N) is 3. The Bertz CT molecular complexity index is 1310. The van der Waals surface area contributed by atoms with E-state index in [-0.39, 0.29) is 22.4 Å². The van der Waals surface area contributed by atoms with Crippen molar-refractivity contribution < 1.29 is 14.7 Å². The summed E-state index contributed by atoms with van der Waals surface area (Å²) < 4.78 is 0.983. The quantitative estimate of drug-likeness (QED) is 0.470. The fourth-order valence-electron chi connectivity index (χ4n) is 3.82. The van der Waals surface area contributed by atoms with Gasteiger partial charge in [0, 0.05) is 18.5 Å². The minimum absolute atomic E-state index is 0.210. The summed E-state index contributed by atoms with van der Waals surface area (Å²) in [6.45, 7) is 2.25. The fraction of sp³-hybridized carbons (Fsp3) is 0.154. The molecule has 0 aliphatic rings. The minimum atomic E-state index is -1.26. The monoisotopic (exact) mass is 441 g/mol. The number of aromatic carboxylic acids is 1. The number of carbonyl (C=O) groups excluding carboxylic acids is 1. The van der Waals surface area contributed by atoms with Crippen LogP contribution < -0.4 is 5.56 Å². The Hall–Kier alpha value is -4.26. The lowest BCUT2D eigenvalue weighted by molar-refractivity contribution is -0.136. The molecular weight excluding hydrogens is 418 g/mol. The van der Waals surface area contributed by atoms with E-state index in [0.29, 0.717) is 13.1 Å². The molecule has 0 radical (unpaired) electrons. The molecule has 4 rings (SSSR count). The van der Waals surface area contributed by atoms with Gasteiger partial charge in [0.2, 0.25) is 5.91 Å². The van der Waals surface area contributed by atoms with Gasteiger partial charge in [0.15, 0.2) is 5.69 Å². The number of carboxylic acid groups (broad SMARTS) is 1. The third-order valence-corrected chi connectivity index (χ3v) is 5.50. The summed E-state index contributed by atoms with van der Waals surface area (Å²) in [6.07, 6.45) is 0. The zero-order valence-electron chi connectivity index (χ0n) is 18.1. The molecule has 1 heterocycles. The van der Waals surface area contributed by atoms with Gasteiger partial charge in [0.1, 0.15) is 6.04 Å². The van der Waals surface area contributed by atoms with Crippen LogP contribution in [-0.4, -0.2) is 31.7 Å². The molecule has 7 nitrogen and oxygen atoms in total. The van der Waals surface area contributed by atoms with Crippen molar-refractivity contribution in [3.8, 4) is 0 Å². The highest BCUT2D eigenvalue weighted by molar-refractivity contribution is 6.01. The second-order valence-electron chi connectivity index (χ2n) is 7.79. The van der Waals surface area contributed by atoms with E-state index in [1.165, 1.54) is 0 Å². The van der Waals surface area contributed by atoms with Crippen molar-refractivity contribution >= 4 is 22.6 Å². The van der Waals surface area contributed by atoms with Crippen LogP contribution in [0.25, 0.3) is 10.8 Å². The molecule has 1 aromatic heterocycles. The number of hydrogen-bond acceptors (Lipinski definition) is 4. The van der Waals surface area contributed by atoms with Gasteiger partial charge in [0.05, 0.1) is 5.39 Å². The van der Waals surface area contributed by atoms with Crippen LogP contribution in [0, 0.1) is 0 Å². The highest BCUT2D eigenvalue weighted by Crippen LogP contribution is 2.18. The molecule has 0 saturated carbocycles. The second-order valence-corrected chi connectivity index (χ2v) is 7.79. The van der Waals surface area contributed by atoms with Crippen LogP contribution in [0.4, 0.5) is 0 Å². The molecule has 166 valence electrons. The molecule has 0 aliphatic heterocycles. The van der Waals surface area contributed by atoms with Gasteiger partial charge < -0.3 is 10.0 Å². The van der Waals surface area contributed by atoms with Crippen LogP contribution in [-0.2, 0) is 17.9 Å². The van der Waals surface area contributed by atoms with E-state index in [4.69, 9.17) is 0 Å². The van der Waals surface area contributed by atoms with Crippen LogP contribution >= 0.6 is 0 Å². The van der Waals surface area contributed by atoms with Gasteiger partial charge in [-0.2, -0.15) is 5.10 Å². The van der Waals surface area contributed by atoms with E-state index in [1.807, 2.05) is 60.7 Å². The van der Waals surface area contributed by atoms with E-state index in [0.717, 1.165) is 15.8 Å². The number of carbonyl (C=O) groups is 2. The van der Waals surface area contributed by atoms with Crippen molar-refractivity contribution in [1.29, 1.82) is 0 Å². The molecule has 0 aliphatic carbocycles. The Morgan fingerprint density at radius 3 is 1.85 bits per heavy atom. The Morgan fingerprint density at radius 1 is 0.848 bits per heavy atom. The Labute approximate surface area is 190 Å². The Balaban J connectivity index is 1.74. The van der Waals surface area contributed by atoms with Crippen molar-refractivity contribution in [3.63, 3.8) is 0 Å². The molecule has 0 spiro atoms. The summed E-state index contributed by atoms with van der Waals surface area (Å²) in [7, 11) is 0. The third-order valence-electron chi connectivity index (χ3n) is 5.50. The molecular formula is C26H23N3O4. The summed E-state index contributed by atoms with van der Waals surface area (Å²) in [6, 6.07) is 24.5. The highest BCUT2D eigenvalue weighted by Gasteiger charge is 2.26. The van der Waals surface area contributed by atoms with Crippen LogP contribution in [0.5, 0.6) is 0 Å². The van der Waals surface area contributed by atoms with Gasteiger partial charge in [-0.3, -0.25) is 9.59 Å². The zero-order chi connectivity index (χ0) is 23.4. The van der Waals surface area contributed by atoms with Crippen molar-refractivity contribution in [2.45, 2.75) is 26.1 Å². The van der Waals surface area contributed by atoms with E-state index in [2.05, 4.69) is 5.10 Å². The van der Waals surface area contributed by atoms with Crippen molar-refractivity contribution in [3.05, 3.63) is 112 Å². The minimum Gasteiger partial charge on any atom is -0.476 e. The second kappa shape index (κ2) is 9.48. The maximum Gasteiger partial charge on any atom is 0.357 e. The van der Waals surface area contributed by atoms with Crippen molar-refractivity contribution in [2.75, 3.05) is 0 Å². The largest absolute Gasteiger partial charge is 0.476 e. The lowest BCUT2D eigenvalue weighted by Crippen LogP contribution is -2.40. The van der Waals surface area contributed by atoms with Gasteiger partial charge in [-0.05, 0) is 24.1 Å². The van der Waals surface area contributed by atoms with E-state index >= 15 is 0 Å². The predicted octanol–water partition coefficient (Wildman–Crippen LogP) is 3.88. The number of amides is 1. The Morgan fingerprint density at radius 2 is 1.33 bits per heavy atom. The molecule has 1 amide bonds. The average Bonchev–Trinajstić information content (AvgIpc) is 2.84. The molecule has 33 heavy (non-hydrogen) atoms. The van der Waals surface area contributed by atoms with Crippen LogP contribution in [0.1, 0.15) is 34.6 Å². The lowest BCUT2D eigenvalue weighted by atomic mass is 10.1. The number of hydrogen-bond donors (Lipinski definition) is 1. The Kier molecular flexibility index (Phi) is 6.31. The normalized spacial score (nSPS) is 11.8. The third kappa shape index (κ3) is 4.67. The van der Waals surface area contributed by atoms with Crippen LogP contribution in [0.2, 0.25) is 0 Å². The maximum absolute atomic E-state index is 13.6. The molecule has 0 bridgehead atoms. The van der Waals surface area contributed by atoms with E-state index in [9.17, 15) is 19.5 Å². The first-order valence-corrected chi connectivity index (χ1v) is 10.6. The number of aromatic nitrogens is 2. The van der Waals surface area contributed by atoms with E-state index < -0.39 is 17.6 Å². The summed E-state index contributed by atoms with van der Waals surface area (Å²) in [5.41, 5.74) is 1.12. The van der Waals surface area contributed by atoms with Gasteiger partial charge in [0.25, 0.3) is 5.56 Å². The van der Waals surface area contributed by atoms with E-state index in [1.54, 1.807) is 36.1 Å². The van der Waals surface area contributed by atoms with Crippen molar-refractivity contribution in [2.24, 2.45) is 0 Å². The zero-order valence-corrected chi connectivity index (χ0v) is 18.1.